The lowest BCUT2D eigenvalue weighted by molar-refractivity contribution is -0.129. The molecule has 3 amide bonds. The van der Waals surface area contributed by atoms with Crippen LogP contribution in [-0.4, -0.2) is 36.5 Å². The van der Waals surface area contributed by atoms with E-state index in [2.05, 4.69) is 5.32 Å². The van der Waals surface area contributed by atoms with Gasteiger partial charge in [0, 0.05) is 13.1 Å². The Morgan fingerprint density at radius 1 is 1.08 bits per heavy atom. The highest BCUT2D eigenvalue weighted by molar-refractivity contribution is 5.96. The molecule has 3 rings (SSSR count). The molecule has 6 heteroatoms. The molecule has 25 heavy (non-hydrogen) atoms. The van der Waals surface area contributed by atoms with Crippen LogP contribution >= 0.6 is 0 Å². The van der Waals surface area contributed by atoms with Gasteiger partial charge in [0.2, 0.25) is 5.91 Å². The van der Waals surface area contributed by atoms with E-state index in [4.69, 9.17) is 10.5 Å². The first-order valence-corrected chi connectivity index (χ1v) is 8.21. The van der Waals surface area contributed by atoms with Crippen LogP contribution in [0.25, 0.3) is 0 Å². The van der Waals surface area contributed by atoms with Gasteiger partial charge in [-0.1, -0.05) is 60.7 Å². The van der Waals surface area contributed by atoms with E-state index in [1.807, 2.05) is 65.6 Å². The quantitative estimate of drug-likeness (QED) is 0.892. The zero-order chi connectivity index (χ0) is 17.6. The van der Waals surface area contributed by atoms with Crippen molar-refractivity contribution in [3.05, 3.63) is 71.8 Å². The van der Waals surface area contributed by atoms with Crippen LogP contribution in [0.5, 0.6) is 0 Å². The number of hydrogen-bond donors (Lipinski definition) is 2. The van der Waals surface area contributed by atoms with Gasteiger partial charge in [-0.05, 0) is 11.1 Å². The van der Waals surface area contributed by atoms with Crippen LogP contribution in [0.4, 0.5) is 4.79 Å². The molecule has 2 aromatic rings. The predicted molar refractivity (Wildman–Crippen MR) is 93.6 cm³/mol. The van der Waals surface area contributed by atoms with Crippen molar-refractivity contribution in [3.8, 4) is 0 Å². The summed E-state index contributed by atoms with van der Waals surface area (Å²) in [6, 6.07) is 17.8. The molecule has 0 saturated carbocycles. The fourth-order valence-electron chi connectivity index (χ4n) is 3.13. The van der Waals surface area contributed by atoms with E-state index < -0.39 is 18.0 Å². The Balaban J connectivity index is 1.85. The minimum atomic E-state index is -0.848. The Morgan fingerprint density at radius 2 is 1.72 bits per heavy atom. The molecular weight excluding hydrogens is 318 g/mol. The lowest BCUT2D eigenvalue weighted by Crippen LogP contribution is -2.48. The highest BCUT2D eigenvalue weighted by atomic mass is 16.5. The van der Waals surface area contributed by atoms with E-state index in [0.29, 0.717) is 19.7 Å². The van der Waals surface area contributed by atoms with Gasteiger partial charge >= 0.3 is 6.03 Å². The summed E-state index contributed by atoms with van der Waals surface area (Å²) in [4.78, 5) is 25.8. The van der Waals surface area contributed by atoms with Crippen molar-refractivity contribution in [2.24, 2.45) is 5.73 Å². The number of ether oxygens (including phenoxy) is 1. The van der Waals surface area contributed by atoms with Gasteiger partial charge in [0.05, 0.1) is 12.7 Å². The second-order valence-corrected chi connectivity index (χ2v) is 5.93. The summed E-state index contributed by atoms with van der Waals surface area (Å²) in [7, 11) is 0. The SMILES string of the molecule is NC(=O)NC(=O)C(c1ccccc1)N1CCOC(c2ccccc2)C1. The van der Waals surface area contributed by atoms with E-state index in [1.54, 1.807) is 0 Å². The summed E-state index contributed by atoms with van der Waals surface area (Å²) in [5, 5.41) is 2.21. The molecule has 6 nitrogen and oxygen atoms in total. The minimum Gasteiger partial charge on any atom is -0.371 e. The van der Waals surface area contributed by atoms with Gasteiger partial charge in [0.1, 0.15) is 6.04 Å². The van der Waals surface area contributed by atoms with E-state index in [9.17, 15) is 9.59 Å². The third-order valence-electron chi connectivity index (χ3n) is 4.24. The molecule has 1 aliphatic rings. The Hall–Kier alpha value is -2.70. The number of nitrogens with one attached hydrogen (secondary N) is 1. The van der Waals surface area contributed by atoms with Crippen LogP contribution in [0.15, 0.2) is 60.7 Å². The van der Waals surface area contributed by atoms with Crippen LogP contribution in [-0.2, 0) is 9.53 Å². The first kappa shape index (κ1) is 17.1. The number of amides is 3. The molecule has 1 aliphatic heterocycles. The molecule has 0 aromatic heterocycles. The average Bonchev–Trinajstić information content (AvgIpc) is 2.63. The first-order valence-electron chi connectivity index (χ1n) is 8.21. The normalized spacial score (nSPS) is 19.1. The smallest absolute Gasteiger partial charge is 0.318 e. The molecule has 2 unspecified atom stereocenters. The fraction of sp³-hybridized carbons (Fsp3) is 0.263. The number of urea groups is 1. The lowest BCUT2D eigenvalue weighted by atomic mass is 10.0. The Bertz CT molecular complexity index is 721. The molecule has 0 aliphatic carbocycles. The van der Waals surface area contributed by atoms with Gasteiger partial charge in [0.25, 0.3) is 0 Å². The number of primary amides is 1. The molecule has 0 radical (unpaired) electrons. The van der Waals surface area contributed by atoms with Crippen molar-refractivity contribution in [2.45, 2.75) is 12.1 Å². The zero-order valence-electron chi connectivity index (χ0n) is 13.8. The number of rotatable bonds is 4. The maximum Gasteiger partial charge on any atom is 0.318 e. The summed E-state index contributed by atoms with van der Waals surface area (Å²) in [6.45, 7) is 1.65. The summed E-state index contributed by atoms with van der Waals surface area (Å²) >= 11 is 0. The van der Waals surface area contributed by atoms with Crippen LogP contribution < -0.4 is 11.1 Å². The van der Waals surface area contributed by atoms with Crippen molar-refractivity contribution >= 4 is 11.9 Å². The van der Waals surface area contributed by atoms with Crippen LogP contribution in [0.2, 0.25) is 0 Å². The topological polar surface area (TPSA) is 84.7 Å². The molecule has 0 bridgehead atoms. The minimum absolute atomic E-state index is 0.123. The second kappa shape index (κ2) is 7.92. The number of carbonyl (C=O) groups is 2. The number of morpholine rings is 1. The fourth-order valence-corrected chi connectivity index (χ4v) is 3.13. The Labute approximate surface area is 146 Å². The van der Waals surface area contributed by atoms with Crippen LogP contribution in [0.3, 0.4) is 0 Å². The largest absolute Gasteiger partial charge is 0.371 e. The van der Waals surface area contributed by atoms with Gasteiger partial charge in [0.15, 0.2) is 0 Å². The summed E-state index contributed by atoms with van der Waals surface area (Å²) in [6.07, 6.45) is -0.123. The monoisotopic (exact) mass is 339 g/mol. The molecule has 3 N–H and O–H groups in total. The molecule has 2 atom stereocenters. The molecule has 1 fully saturated rings. The van der Waals surface area contributed by atoms with Crippen molar-refractivity contribution in [2.75, 3.05) is 19.7 Å². The molecule has 130 valence electrons. The number of imide groups is 1. The third-order valence-corrected chi connectivity index (χ3v) is 4.24. The molecule has 1 saturated heterocycles. The van der Waals surface area contributed by atoms with Gasteiger partial charge < -0.3 is 10.5 Å². The van der Waals surface area contributed by atoms with Crippen LogP contribution in [0.1, 0.15) is 23.3 Å². The molecular formula is C19H21N3O3. The number of benzene rings is 2. The van der Waals surface area contributed by atoms with Gasteiger partial charge in [-0.3, -0.25) is 15.0 Å². The summed E-state index contributed by atoms with van der Waals surface area (Å²) < 4.78 is 5.88. The molecule has 0 spiro atoms. The van der Waals surface area contributed by atoms with E-state index in [1.165, 1.54) is 0 Å². The molecule has 1 heterocycles. The van der Waals surface area contributed by atoms with Crippen LogP contribution in [0, 0.1) is 0 Å². The second-order valence-electron chi connectivity index (χ2n) is 5.93. The van der Waals surface area contributed by atoms with E-state index in [-0.39, 0.29) is 6.10 Å². The highest BCUT2D eigenvalue weighted by Gasteiger charge is 2.33. The van der Waals surface area contributed by atoms with Crippen molar-refractivity contribution in [1.82, 2.24) is 10.2 Å². The average molecular weight is 339 g/mol. The highest BCUT2D eigenvalue weighted by Crippen LogP contribution is 2.29. The third kappa shape index (κ3) is 4.23. The van der Waals surface area contributed by atoms with Gasteiger partial charge in [-0.15, -0.1) is 0 Å². The standard InChI is InChI=1S/C19H21N3O3/c20-19(24)21-18(23)17(15-9-5-2-6-10-15)22-11-12-25-16(13-22)14-7-3-1-4-8-14/h1-10,16-17H,11-13H2,(H3,20,21,23,24). The summed E-state index contributed by atoms with van der Waals surface area (Å²) in [5.41, 5.74) is 7.02. The predicted octanol–water partition coefficient (Wildman–Crippen LogP) is 2.00. The summed E-state index contributed by atoms with van der Waals surface area (Å²) in [5.74, 6) is -0.424. The van der Waals surface area contributed by atoms with E-state index >= 15 is 0 Å². The van der Waals surface area contributed by atoms with Crippen molar-refractivity contribution < 1.29 is 14.3 Å². The van der Waals surface area contributed by atoms with Crippen molar-refractivity contribution in [3.63, 3.8) is 0 Å². The molecule has 2 aromatic carbocycles. The number of carbonyl (C=O) groups excluding carboxylic acids is 2. The van der Waals surface area contributed by atoms with Crippen molar-refractivity contribution in [1.29, 1.82) is 0 Å². The Kier molecular flexibility index (Phi) is 5.42. The number of nitrogens with two attached hydrogens (primary N) is 1. The number of hydrogen-bond acceptors (Lipinski definition) is 4. The zero-order valence-corrected chi connectivity index (χ0v) is 13.8. The maximum atomic E-state index is 12.6. The maximum absolute atomic E-state index is 12.6. The van der Waals surface area contributed by atoms with Gasteiger partial charge in [-0.25, -0.2) is 4.79 Å². The Morgan fingerprint density at radius 3 is 2.36 bits per heavy atom. The number of nitrogens with zero attached hydrogens (tertiary/aromatic N) is 1. The lowest BCUT2D eigenvalue weighted by Gasteiger charge is -2.37. The van der Waals surface area contributed by atoms with E-state index in [0.717, 1.165) is 11.1 Å². The van der Waals surface area contributed by atoms with Gasteiger partial charge in [-0.2, -0.15) is 0 Å². The first-order chi connectivity index (χ1) is 12.1.